The first-order valence-electron chi connectivity index (χ1n) is 6.31. The third kappa shape index (κ3) is 2.84. The van der Waals surface area contributed by atoms with Gasteiger partial charge in [-0.3, -0.25) is 4.79 Å². The fourth-order valence-electron chi connectivity index (χ4n) is 2.11. The van der Waals surface area contributed by atoms with E-state index in [2.05, 4.69) is 10.5 Å². The standard InChI is InChI=1S/C15H12FN3O2/c16-9-5-10(17)7-11(6-9)18-15(20)8-13-12-3-1-2-4-14(12)21-19-13/h1-7H,8,17H2,(H,18,20). The second-order valence-corrected chi connectivity index (χ2v) is 4.62. The minimum absolute atomic E-state index is 0.0352. The van der Waals surface area contributed by atoms with Crippen molar-refractivity contribution in [2.75, 3.05) is 11.1 Å². The van der Waals surface area contributed by atoms with E-state index in [0.717, 1.165) is 5.39 Å². The molecule has 3 aromatic rings. The summed E-state index contributed by atoms with van der Waals surface area (Å²) in [5, 5.41) is 7.25. The summed E-state index contributed by atoms with van der Waals surface area (Å²) in [6.45, 7) is 0. The Labute approximate surface area is 119 Å². The minimum atomic E-state index is -0.503. The van der Waals surface area contributed by atoms with Crippen LogP contribution in [0.5, 0.6) is 0 Å². The van der Waals surface area contributed by atoms with E-state index in [4.69, 9.17) is 10.3 Å². The zero-order valence-electron chi connectivity index (χ0n) is 11.0. The molecule has 21 heavy (non-hydrogen) atoms. The van der Waals surface area contributed by atoms with Gasteiger partial charge in [0.2, 0.25) is 5.91 Å². The van der Waals surface area contributed by atoms with Crippen molar-refractivity contribution in [1.82, 2.24) is 5.16 Å². The van der Waals surface area contributed by atoms with Crippen LogP contribution in [0.25, 0.3) is 11.0 Å². The number of amides is 1. The summed E-state index contributed by atoms with van der Waals surface area (Å²) >= 11 is 0. The molecule has 1 heterocycles. The van der Waals surface area contributed by atoms with Crippen molar-refractivity contribution < 1.29 is 13.7 Å². The number of carbonyl (C=O) groups excluding carboxylic acids is 1. The Kier molecular flexibility index (Phi) is 3.27. The van der Waals surface area contributed by atoms with E-state index in [0.29, 0.717) is 17.0 Å². The fourth-order valence-corrected chi connectivity index (χ4v) is 2.11. The van der Waals surface area contributed by atoms with E-state index in [1.165, 1.54) is 18.2 Å². The second-order valence-electron chi connectivity index (χ2n) is 4.62. The lowest BCUT2D eigenvalue weighted by atomic mass is 10.1. The van der Waals surface area contributed by atoms with Crippen LogP contribution in [0.3, 0.4) is 0 Å². The summed E-state index contributed by atoms with van der Waals surface area (Å²) in [7, 11) is 0. The van der Waals surface area contributed by atoms with Gasteiger partial charge in [-0.25, -0.2) is 4.39 Å². The molecule has 106 valence electrons. The summed E-state index contributed by atoms with van der Waals surface area (Å²) in [6, 6.07) is 11.1. The van der Waals surface area contributed by atoms with Gasteiger partial charge in [-0.15, -0.1) is 0 Å². The number of fused-ring (bicyclic) bond motifs is 1. The lowest BCUT2D eigenvalue weighted by Crippen LogP contribution is -2.15. The molecular formula is C15H12FN3O2. The van der Waals surface area contributed by atoms with Gasteiger partial charge in [0.15, 0.2) is 5.58 Å². The normalized spacial score (nSPS) is 10.7. The molecule has 5 nitrogen and oxygen atoms in total. The van der Waals surface area contributed by atoms with Crippen LogP contribution >= 0.6 is 0 Å². The monoisotopic (exact) mass is 285 g/mol. The summed E-state index contributed by atoms with van der Waals surface area (Å²) in [5.41, 5.74) is 7.24. The van der Waals surface area contributed by atoms with Crippen molar-refractivity contribution in [3.8, 4) is 0 Å². The van der Waals surface area contributed by atoms with E-state index < -0.39 is 5.82 Å². The van der Waals surface area contributed by atoms with Gasteiger partial charge in [-0.05, 0) is 30.3 Å². The van der Waals surface area contributed by atoms with Crippen molar-refractivity contribution in [3.05, 3.63) is 54.0 Å². The summed E-state index contributed by atoms with van der Waals surface area (Å²) in [6.07, 6.45) is 0.0352. The Bertz CT molecular complexity index is 793. The molecular weight excluding hydrogens is 273 g/mol. The predicted octanol–water partition coefficient (Wildman–Crippen LogP) is 2.73. The van der Waals surface area contributed by atoms with Gasteiger partial charge in [0.1, 0.15) is 11.5 Å². The molecule has 0 saturated carbocycles. The average molecular weight is 285 g/mol. The number of hydrogen-bond donors (Lipinski definition) is 2. The number of nitrogen functional groups attached to an aromatic ring is 1. The third-order valence-corrected chi connectivity index (χ3v) is 2.98. The molecule has 0 fully saturated rings. The van der Waals surface area contributed by atoms with Crippen LogP contribution in [-0.4, -0.2) is 11.1 Å². The Morgan fingerprint density at radius 3 is 2.90 bits per heavy atom. The number of halogens is 1. The Balaban J connectivity index is 1.77. The number of aromatic nitrogens is 1. The van der Waals surface area contributed by atoms with Crippen molar-refractivity contribution in [2.45, 2.75) is 6.42 Å². The number of para-hydroxylation sites is 1. The number of hydrogen-bond acceptors (Lipinski definition) is 4. The molecule has 0 aliphatic rings. The highest BCUT2D eigenvalue weighted by atomic mass is 19.1. The lowest BCUT2D eigenvalue weighted by Gasteiger charge is -2.05. The SMILES string of the molecule is Nc1cc(F)cc(NC(=O)Cc2noc3ccccc23)c1. The second kappa shape index (κ2) is 5.24. The van der Waals surface area contributed by atoms with Crippen molar-refractivity contribution >= 4 is 28.3 Å². The van der Waals surface area contributed by atoms with Crippen molar-refractivity contribution in [3.63, 3.8) is 0 Å². The highest BCUT2D eigenvalue weighted by molar-refractivity contribution is 5.94. The van der Waals surface area contributed by atoms with Gasteiger partial charge in [0, 0.05) is 16.8 Å². The minimum Gasteiger partial charge on any atom is -0.399 e. The molecule has 0 saturated heterocycles. The Morgan fingerprint density at radius 1 is 1.29 bits per heavy atom. The van der Waals surface area contributed by atoms with Crippen molar-refractivity contribution in [1.29, 1.82) is 0 Å². The van der Waals surface area contributed by atoms with Gasteiger partial charge >= 0.3 is 0 Å². The molecule has 0 unspecified atom stereocenters. The van der Waals surface area contributed by atoms with Gasteiger partial charge in [0.05, 0.1) is 6.42 Å². The van der Waals surface area contributed by atoms with E-state index in [9.17, 15) is 9.18 Å². The third-order valence-electron chi connectivity index (χ3n) is 2.98. The van der Waals surface area contributed by atoms with Crippen LogP contribution in [0, 0.1) is 5.82 Å². The number of rotatable bonds is 3. The molecule has 0 atom stereocenters. The van der Waals surface area contributed by atoms with Crippen LogP contribution in [0.4, 0.5) is 15.8 Å². The fraction of sp³-hybridized carbons (Fsp3) is 0.0667. The maximum Gasteiger partial charge on any atom is 0.230 e. The largest absolute Gasteiger partial charge is 0.399 e. The maximum absolute atomic E-state index is 13.2. The average Bonchev–Trinajstić information content (AvgIpc) is 2.81. The number of nitrogens with one attached hydrogen (secondary N) is 1. The molecule has 1 aromatic heterocycles. The van der Waals surface area contributed by atoms with Gasteiger partial charge in [-0.1, -0.05) is 17.3 Å². The molecule has 6 heteroatoms. The molecule has 0 aliphatic carbocycles. The highest BCUT2D eigenvalue weighted by Crippen LogP contribution is 2.19. The first-order chi connectivity index (χ1) is 10.1. The van der Waals surface area contributed by atoms with Gasteiger partial charge < -0.3 is 15.6 Å². The Morgan fingerprint density at radius 2 is 2.10 bits per heavy atom. The Hall–Kier alpha value is -2.89. The topological polar surface area (TPSA) is 81.1 Å². The predicted molar refractivity (Wildman–Crippen MR) is 77.2 cm³/mol. The van der Waals surface area contributed by atoms with E-state index in [-0.39, 0.29) is 18.0 Å². The zero-order chi connectivity index (χ0) is 14.8. The summed E-state index contributed by atoms with van der Waals surface area (Å²) in [5.74, 6) is -0.823. The van der Waals surface area contributed by atoms with Gasteiger partial charge in [-0.2, -0.15) is 0 Å². The van der Waals surface area contributed by atoms with Crippen LogP contribution < -0.4 is 11.1 Å². The van der Waals surface area contributed by atoms with E-state index >= 15 is 0 Å². The molecule has 1 amide bonds. The quantitative estimate of drug-likeness (QED) is 0.725. The molecule has 3 N–H and O–H groups in total. The van der Waals surface area contributed by atoms with Crippen LogP contribution in [-0.2, 0) is 11.2 Å². The number of carbonyl (C=O) groups is 1. The highest BCUT2D eigenvalue weighted by Gasteiger charge is 2.12. The van der Waals surface area contributed by atoms with Crippen LogP contribution in [0.15, 0.2) is 47.0 Å². The smallest absolute Gasteiger partial charge is 0.230 e. The molecule has 2 aromatic carbocycles. The number of anilines is 2. The molecule has 0 aliphatic heterocycles. The first-order valence-corrected chi connectivity index (χ1v) is 6.31. The zero-order valence-corrected chi connectivity index (χ0v) is 11.0. The van der Waals surface area contributed by atoms with Crippen molar-refractivity contribution in [2.24, 2.45) is 0 Å². The number of benzene rings is 2. The maximum atomic E-state index is 13.2. The molecule has 3 rings (SSSR count). The first kappa shape index (κ1) is 13.1. The lowest BCUT2D eigenvalue weighted by molar-refractivity contribution is -0.115. The number of nitrogens with zero attached hydrogens (tertiary/aromatic N) is 1. The molecule has 0 spiro atoms. The summed E-state index contributed by atoms with van der Waals surface area (Å²) in [4.78, 5) is 12.0. The van der Waals surface area contributed by atoms with Crippen LogP contribution in [0.2, 0.25) is 0 Å². The number of nitrogens with two attached hydrogens (primary N) is 1. The molecule has 0 radical (unpaired) electrons. The molecule has 0 bridgehead atoms. The van der Waals surface area contributed by atoms with Gasteiger partial charge in [0.25, 0.3) is 0 Å². The summed E-state index contributed by atoms with van der Waals surface area (Å²) < 4.78 is 18.3. The van der Waals surface area contributed by atoms with Crippen LogP contribution in [0.1, 0.15) is 5.69 Å². The van der Waals surface area contributed by atoms with E-state index in [1.807, 2.05) is 18.2 Å². The van der Waals surface area contributed by atoms with E-state index in [1.54, 1.807) is 6.07 Å².